The van der Waals surface area contributed by atoms with Gasteiger partial charge in [-0.05, 0) is 13.0 Å². The molecule has 1 fully saturated rings. The maximum atomic E-state index is 10.4. The molecule has 82 valence electrons. The van der Waals surface area contributed by atoms with Crippen LogP contribution in [0, 0.1) is 0 Å². The molecular weight excluding hydrogens is 212 g/mol. The number of aromatic nitrogens is 1. The Labute approximate surface area is 92.3 Å². The van der Waals surface area contributed by atoms with Crippen LogP contribution in [0.4, 0.5) is 0 Å². The Morgan fingerprint density at radius 1 is 1.73 bits per heavy atom. The Hall–Kier alpha value is -0.940. The van der Waals surface area contributed by atoms with Crippen molar-refractivity contribution in [1.82, 2.24) is 10.3 Å². The minimum Gasteiger partial charge on any atom is -0.481 e. The number of aliphatic carboxylic acids is 1. The highest BCUT2D eigenvalue weighted by Crippen LogP contribution is 2.25. The van der Waals surface area contributed by atoms with Crippen molar-refractivity contribution >= 4 is 17.3 Å². The maximum Gasteiger partial charge on any atom is 0.303 e. The molecular formula is C10H14N2O2S. The van der Waals surface area contributed by atoms with Crippen LogP contribution >= 0.6 is 11.3 Å². The highest BCUT2D eigenvalue weighted by Gasteiger charge is 2.19. The summed E-state index contributed by atoms with van der Waals surface area (Å²) < 4.78 is 0. The van der Waals surface area contributed by atoms with Gasteiger partial charge in [0.15, 0.2) is 0 Å². The second-order valence-electron chi connectivity index (χ2n) is 3.76. The van der Waals surface area contributed by atoms with E-state index in [0.717, 1.165) is 30.2 Å². The zero-order chi connectivity index (χ0) is 10.7. The van der Waals surface area contributed by atoms with Crippen LogP contribution in [-0.2, 0) is 11.2 Å². The van der Waals surface area contributed by atoms with Crippen LogP contribution in [0.25, 0.3) is 0 Å². The molecule has 1 aromatic rings. The number of thiazole rings is 1. The number of aryl methyl sites for hydroxylation is 1. The first-order valence-corrected chi connectivity index (χ1v) is 6.00. The number of hydrogen-bond donors (Lipinski definition) is 2. The Morgan fingerprint density at radius 3 is 3.27 bits per heavy atom. The number of carboxylic acid groups (broad SMARTS) is 1. The third-order valence-corrected chi connectivity index (χ3v) is 3.63. The molecule has 0 radical (unpaired) electrons. The Morgan fingerprint density at radius 2 is 2.60 bits per heavy atom. The molecule has 0 saturated carbocycles. The van der Waals surface area contributed by atoms with Crippen LogP contribution in [-0.4, -0.2) is 29.1 Å². The van der Waals surface area contributed by atoms with Gasteiger partial charge in [0.2, 0.25) is 0 Å². The van der Waals surface area contributed by atoms with Crippen LogP contribution in [0.2, 0.25) is 0 Å². The van der Waals surface area contributed by atoms with Gasteiger partial charge in [0.05, 0.1) is 17.1 Å². The summed E-state index contributed by atoms with van der Waals surface area (Å²) in [4.78, 5) is 14.9. The molecule has 2 N–H and O–H groups in total. The topological polar surface area (TPSA) is 62.2 Å². The number of hydrogen-bond acceptors (Lipinski definition) is 4. The van der Waals surface area contributed by atoms with Crippen LogP contribution in [0.5, 0.6) is 0 Å². The van der Waals surface area contributed by atoms with Gasteiger partial charge in [-0.3, -0.25) is 4.79 Å². The quantitative estimate of drug-likeness (QED) is 0.810. The van der Waals surface area contributed by atoms with Crippen molar-refractivity contribution in [2.24, 2.45) is 0 Å². The molecule has 0 spiro atoms. The minimum absolute atomic E-state index is 0.173. The summed E-state index contributed by atoms with van der Waals surface area (Å²) in [5, 5.41) is 15.0. The van der Waals surface area contributed by atoms with Gasteiger partial charge < -0.3 is 10.4 Å². The van der Waals surface area contributed by atoms with Crippen LogP contribution < -0.4 is 5.32 Å². The van der Waals surface area contributed by atoms with Crippen LogP contribution in [0.3, 0.4) is 0 Å². The molecule has 0 aliphatic carbocycles. The standard InChI is InChI=1S/C10H14N2O2S/c13-9(14)2-1-8-6-15-10(12-8)7-3-4-11-5-7/h6-7,11H,1-5H2,(H,13,14). The van der Waals surface area contributed by atoms with E-state index in [0.29, 0.717) is 12.3 Å². The van der Waals surface area contributed by atoms with Gasteiger partial charge in [-0.15, -0.1) is 11.3 Å². The molecule has 2 rings (SSSR count). The largest absolute Gasteiger partial charge is 0.481 e. The second kappa shape index (κ2) is 4.72. The number of carboxylic acids is 1. The summed E-state index contributed by atoms with van der Waals surface area (Å²) in [6.45, 7) is 2.07. The summed E-state index contributed by atoms with van der Waals surface area (Å²) in [5.74, 6) is -0.222. The molecule has 1 aliphatic heterocycles. The van der Waals surface area contributed by atoms with Crippen molar-refractivity contribution in [1.29, 1.82) is 0 Å². The summed E-state index contributed by atoms with van der Waals surface area (Å²) >= 11 is 1.65. The van der Waals surface area contributed by atoms with Crippen molar-refractivity contribution in [3.63, 3.8) is 0 Å². The lowest BCUT2D eigenvalue weighted by atomic mass is 10.1. The predicted molar refractivity (Wildman–Crippen MR) is 58.3 cm³/mol. The molecule has 1 saturated heterocycles. The average Bonchev–Trinajstić information content (AvgIpc) is 2.85. The fourth-order valence-electron chi connectivity index (χ4n) is 1.73. The summed E-state index contributed by atoms with van der Waals surface area (Å²) in [5.41, 5.74) is 0.921. The van der Waals surface area contributed by atoms with E-state index in [1.807, 2.05) is 5.38 Å². The number of rotatable bonds is 4. The molecule has 1 aliphatic rings. The Kier molecular flexibility index (Phi) is 3.33. The van der Waals surface area contributed by atoms with Gasteiger partial charge in [-0.25, -0.2) is 4.98 Å². The smallest absolute Gasteiger partial charge is 0.303 e. The molecule has 0 aromatic carbocycles. The minimum atomic E-state index is -0.757. The fraction of sp³-hybridized carbons (Fsp3) is 0.600. The summed E-state index contributed by atoms with van der Waals surface area (Å²) in [6, 6.07) is 0. The lowest BCUT2D eigenvalue weighted by Gasteiger charge is -2.01. The third-order valence-electron chi connectivity index (χ3n) is 2.57. The maximum absolute atomic E-state index is 10.4. The van der Waals surface area contributed by atoms with E-state index < -0.39 is 5.97 Å². The van der Waals surface area contributed by atoms with Gasteiger partial charge in [0.25, 0.3) is 0 Å². The zero-order valence-corrected chi connectivity index (χ0v) is 9.22. The lowest BCUT2D eigenvalue weighted by Crippen LogP contribution is -2.07. The van der Waals surface area contributed by atoms with Crippen LogP contribution in [0.1, 0.15) is 29.5 Å². The first kappa shape index (κ1) is 10.6. The first-order valence-electron chi connectivity index (χ1n) is 5.12. The van der Waals surface area contributed by atoms with Crippen molar-refractivity contribution in [3.05, 3.63) is 16.1 Å². The van der Waals surface area contributed by atoms with E-state index in [1.165, 1.54) is 0 Å². The van der Waals surface area contributed by atoms with Crippen LogP contribution in [0.15, 0.2) is 5.38 Å². The van der Waals surface area contributed by atoms with E-state index >= 15 is 0 Å². The summed E-state index contributed by atoms with van der Waals surface area (Å²) in [6.07, 6.45) is 1.87. The van der Waals surface area contributed by atoms with E-state index in [-0.39, 0.29) is 6.42 Å². The Bertz CT molecular complexity index is 345. The Balaban J connectivity index is 1.94. The SMILES string of the molecule is O=C(O)CCc1csc(C2CCNC2)n1. The molecule has 1 unspecified atom stereocenters. The molecule has 1 aromatic heterocycles. The molecule has 15 heavy (non-hydrogen) atoms. The van der Waals surface area contributed by atoms with Gasteiger partial charge in [0, 0.05) is 24.3 Å². The monoisotopic (exact) mass is 226 g/mol. The van der Waals surface area contributed by atoms with Gasteiger partial charge in [0.1, 0.15) is 0 Å². The zero-order valence-electron chi connectivity index (χ0n) is 8.40. The average molecular weight is 226 g/mol. The molecule has 2 heterocycles. The normalized spacial score (nSPS) is 20.7. The van der Waals surface area contributed by atoms with Gasteiger partial charge in [-0.2, -0.15) is 0 Å². The van der Waals surface area contributed by atoms with E-state index in [2.05, 4.69) is 10.3 Å². The van der Waals surface area contributed by atoms with Crippen molar-refractivity contribution in [3.8, 4) is 0 Å². The third kappa shape index (κ3) is 2.76. The van der Waals surface area contributed by atoms with E-state index in [1.54, 1.807) is 11.3 Å². The number of carbonyl (C=O) groups is 1. The predicted octanol–water partition coefficient (Wildman–Crippen LogP) is 1.24. The lowest BCUT2D eigenvalue weighted by molar-refractivity contribution is -0.136. The molecule has 4 nitrogen and oxygen atoms in total. The van der Waals surface area contributed by atoms with E-state index in [9.17, 15) is 4.79 Å². The molecule has 0 bridgehead atoms. The molecule has 1 atom stereocenters. The van der Waals surface area contributed by atoms with Crippen molar-refractivity contribution < 1.29 is 9.90 Å². The second-order valence-corrected chi connectivity index (χ2v) is 4.65. The van der Waals surface area contributed by atoms with Crippen molar-refractivity contribution in [2.75, 3.05) is 13.1 Å². The summed E-state index contributed by atoms with van der Waals surface area (Å²) in [7, 11) is 0. The van der Waals surface area contributed by atoms with Gasteiger partial charge >= 0.3 is 5.97 Å². The highest BCUT2D eigenvalue weighted by molar-refractivity contribution is 7.09. The number of nitrogens with one attached hydrogen (secondary N) is 1. The van der Waals surface area contributed by atoms with E-state index in [4.69, 9.17) is 5.11 Å². The van der Waals surface area contributed by atoms with Gasteiger partial charge in [-0.1, -0.05) is 0 Å². The number of nitrogens with zero attached hydrogens (tertiary/aromatic N) is 1. The molecule has 0 amide bonds. The molecule has 5 heteroatoms. The fourth-order valence-corrected chi connectivity index (χ4v) is 2.72. The van der Waals surface area contributed by atoms with Crippen molar-refractivity contribution in [2.45, 2.75) is 25.2 Å². The first-order chi connectivity index (χ1) is 7.25. The highest BCUT2D eigenvalue weighted by atomic mass is 32.1.